The molecule has 1 aromatic heterocycles. The number of benzene rings is 2. The number of rotatable bonds is 8. The Morgan fingerprint density at radius 2 is 1.89 bits per heavy atom. The highest BCUT2D eigenvalue weighted by molar-refractivity contribution is 7.99. The fourth-order valence-electron chi connectivity index (χ4n) is 2.15. The minimum absolute atomic E-state index is 0.126. The van der Waals surface area contributed by atoms with Crippen molar-refractivity contribution in [1.29, 1.82) is 0 Å². The smallest absolute Gasteiger partial charge is 0.277 e. The number of thioether (sulfide) groups is 1. The van der Waals surface area contributed by atoms with Crippen LogP contribution >= 0.6 is 23.4 Å². The summed E-state index contributed by atoms with van der Waals surface area (Å²) in [5.74, 6) is 1.23. The van der Waals surface area contributed by atoms with Gasteiger partial charge in [0, 0.05) is 10.6 Å². The number of aromatic nitrogens is 2. The molecule has 1 N–H and O–H groups in total. The van der Waals surface area contributed by atoms with Crippen LogP contribution in [0.2, 0.25) is 5.02 Å². The molecule has 0 unspecified atom stereocenters. The number of hydrogen-bond donors (Lipinski definition) is 1. The maximum atomic E-state index is 11.9. The van der Waals surface area contributed by atoms with Crippen LogP contribution in [-0.2, 0) is 4.79 Å². The monoisotopic (exact) mass is 403 g/mol. The number of nitrogens with zero attached hydrogens (tertiary/aromatic N) is 2. The van der Waals surface area contributed by atoms with Gasteiger partial charge in [-0.05, 0) is 43.3 Å². The average Bonchev–Trinajstić information content (AvgIpc) is 3.14. The van der Waals surface area contributed by atoms with Crippen molar-refractivity contribution in [3.8, 4) is 17.2 Å². The van der Waals surface area contributed by atoms with E-state index in [1.807, 2.05) is 31.2 Å². The van der Waals surface area contributed by atoms with E-state index in [4.69, 9.17) is 20.8 Å². The third kappa shape index (κ3) is 6.01. The molecule has 3 rings (SSSR count). The Hall–Kier alpha value is -2.51. The van der Waals surface area contributed by atoms with Crippen molar-refractivity contribution in [2.45, 2.75) is 12.1 Å². The maximum absolute atomic E-state index is 11.9. The number of carbonyl (C=O) groups excluding carboxylic acids is 1. The lowest BCUT2D eigenvalue weighted by Gasteiger charge is -2.07. The van der Waals surface area contributed by atoms with E-state index in [1.165, 1.54) is 17.3 Å². The van der Waals surface area contributed by atoms with Crippen LogP contribution in [0.4, 0.5) is 0 Å². The SMILES string of the molecule is Cc1ccc(OCCNC(=O)CSc2nnc(-c3ccc(Cl)cc3)o2)cc1. The van der Waals surface area contributed by atoms with E-state index < -0.39 is 0 Å². The van der Waals surface area contributed by atoms with Gasteiger partial charge >= 0.3 is 0 Å². The minimum atomic E-state index is -0.126. The molecule has 0 atom stereocenters. The number of hydrogen-bond acceptors (Lipinski definition) is 6. The fourth-order valence-corrected chi connectivity index (χ4v) is 2.87. The van der Waals surface area contributed by atoms with Crippen molar-refractivity contribution in [2.75, 3.05) is 18.9 Å². The zero-order valence-corrected chi connectivity index (χ0v) is 16.2. The number of amides is 1. The third-order valence-corrected chi connectivity index (χ3v) is 4.61. The summed E-state index contributed by atoms with van der Waals surface area (Å²) in [4.78, 5) is 11.9. The molecule has 0 radical (unpaired) electrons. The average molecular weight is 404 g/mol. The Morgan fingerprint density at radius 1 is 1.15 bits per heavy atom. The van der Waals surface area contributed by atoms with Gasteiger partial charge in [-0.25, -0.2) is 0 Å². The first-order valence-electron chi connectivity index (χ1n) is 8.28. The summed E-state index contributed by atoms with van der Waals surface area (Å²) in [6.07, 6.45) is 0. The second-order valence-corrected chi connectivity index (χ2v) is 7.04. The summed E-state index contributed by atoms with van der Waals surface area (Å²) < 4.78 is 11.1. The first-order chi connectivity index (χ1) is 13.1. The van der Waals surface area contributed by atoms with Gasteiger partial charge in [0.05, 0.1) is 12.3 Å². The topological polar surface area (TPSA) is 77.2 Å². The Kier molecular flexibility index (Phi) is 6.73. The van der Waals surface area contributed by atoms with Gasteiger partial charge in [0.1, 0.15) is 12.4 Å². The fraction of sp³-hybridized carbons (Fsp3) is 0.211. The van der Waals surface area contributed by atoms with Gasteiger partial charge in [0.2, 0.25) is 11.8 Å². The first kappa shape index (κ1) is 19.3. The quantitative estimate of drug-likeness (QED) is 0.452. The molecule has 1 heterocycles. The standard InChI is InChI=1S/C19H18ClN3O3S/c1-13-2-8-16(9-3-13)25-11-10-21-17(24)12-27-19-23-22-18(26-19)14-4-6-15(20)7-5-14/h2-9H,10-12H2,1H3,(H,21,24). The van der Waals surface area contributed by atoms with E-state index in [1.54, 1.807) is 24.3 Å². The van der Waals surface area contributed by atoms with E-state index in [-0.39, 0.29) is 11.7 Å². The number of ether oxygens (including phenoxy) is 1. The first-order valence-corrected chi connectivity index (χ1v) is 9.65. The van der Waals surface area contributed by atoms with Gasteiger partial charge in [0.15, 0.2) is 0 Å². The van der Waals surface area contributed by atoms with Crippen LogP contribution in [0.1, 0.15) is 5.56 Å². The summed E-state index contributed by atoms with van der Waals surface area (Å²) in [5.41, 5.74) is 1.95. The van der Waals surface area contributed by atoms with E-state index in [0.29, 0.717) is 29.3 Å². The maximum Gasteiger partial charge on any atom is 0.277 e. The normalized spacial score (nSPS) is 10.6. The molecule has 0 saturated heterocycles. The number of halogens is 1. The van der Waals surface area contributed by atoms with Crippen LogP contribution < -0.4 is 10.1 Å². The van der Waals surface area contributed by atoms with Crippen LogP contribution in [0.25, 0.3) is 11.5 Å². The second-order valence-electron chi connectivity index (χ2n) is 5.68. The highest BCUT2D eigenvalue weighted by Gasteiger charge is 2.11. The molecule has 2 aromatic carbocycles. The molecule has 0 aliphatic rings. The number of nitrogens with one attached hydrogen (secondary N) is 1. The Labute approximate surface area is 166 Å². The molecular weight excluding hydrogens is 386 g/mol. The van der Waals surface area contributed by atoms with Crippen LogP contribution in [0.5, 0.6) is 5.75 Å². The Bertz CT molecular complexity index is 882. The molecule has 0 aliphatic heterocycles. The lowest BCUT2D eigenvalue weighted by atomic mass is 10.2. The number of carbonyl (C=O) groups is 1. The van der Waals surface area contributed by atoms with E-state index >= 15 is 0 Å². The molecule has 3 aromatic rings. The number of aryl methyl sites for hydroxylation is 1. The molecule has 8 heteroatoms. The van der Waals surface area contributed by atoms with Crippen LogP contribution in [0.3, 0.4) is 0 Å². The Morgan fingerprint density at radius 3 is 2.63 bits per heavy atom. The van der Waals surface area contributed by atoms with Gasteiger partial charge in [-0.15, -0.1) is 10.2 Å². The second kappa shape index (κ2) is 9.43. The summed E-state index contributed by atoms with van der Waals surface area (Å²) >= 11 is 7.04. The molecule has 0 bridgehead atoms. The molecule has 27 heavy (non-hydrogen) atoms. The van der Waals surface area contributed by atoms with Crippen molar-refractivity contribution in [3.05, 3.63) is 59.1 Å². The van der Waals surface area contributed by atoms with Crippen molar-refractivity contribution in [1.82, 2.24) is 15.5 Å². The molecule has 6 nitrogen and oxygen atoms in total. The van der Waals surface area contributed by atoms with Gasteiger partial charge in [0.25, 0.3) is 5.22 Å². The van der Waals surface area contributed by atoms with Gasteiger partial charge in [-0.1, -0.05) is 41.1 Å². The minimum Gasteiger partial charge on any atom is -0.492 e. The summed E-state index contributed by atoms with van der Waals surface area (Å²) in [6, 6.07) is 14.9. The zero-order valence-electron chi connectivity index (χ0n) is 14.6. The van der Waals surface area contributed by atoms with Crippen molar-refractivity contribution in [2.24, 2.45) is 0 Å². The molecule has 0 aliphatic carbocycles. The highest BCUT2D eigenvalue weighted by atomic mass is 35.5. The summed E-state index contributed by atoms with van der Waals surface area (Å²) in [7, 11) is 0. The van der Waals surface area contributed by atoms with Crippen molar-refractivity contribution in [3.63, 3.8) is 0 Å². The molecular formula is C19H18ClN3O3S. The molecule has 0 spiro atoms. The van der Waals surface area contributed by atoms with Crippen LogP contribution in [0.15, 0.2) is 58.2 Å². The largest absolute Gasteiger partial charge is 0.492 e. The van der Waals surface area contributed by atoms with E-state index in [9.17, 15) is 4.79 Å². The molecule has 1 amide bonds. The van der Waals surface area contributed by atoms with E-state index in [0.717, 1.165) is 11.3 Å². The lowest BCUT2D eigenvalue weighted by Crippen LogP contribution is -2.29. The summed E-state index contributed by atoms with van der Waals surface area (Å²) in [6.45, 7) is 2.84. The molecule has 0 saturated carbocycles. The Balaban J connectivity index is 1.38. The van der Waals surface area contributed by atoms with Gasteiger partial charge in [-0.3, -0.25) is 4.79 Å². The highest BCUT2D eigenvalue weighted by Crippen LogP contribution is 2.24. The molecule has 0 fully saturated rings. The lowest BCUT2D eigenvalue weighted by molar-refractivity contribution is -0.118. The molecule has 140 valence electrons. The van der Waals surface area contributed by atoms with Crippen molar-refractivity contribution >= 4 is 29.3 Å². The van der Waals surface area contributed by atoms with E-state index in [2.05, 4.69) is 15.5 Å². The predicted molar refractivity (Wildman–Crippen MR) is 105 cm³/mol. The van der Waals surface area contributed by atoms with Crippen LogP contribution in [0, 0.1) is 6.92 Å². The van der Waals surface area contributed by atoms with Crippen LogP contribution in [-0.4, -0.2) is 35.0 Å². The predicted octanol–water partition coefficient (Wildman–Crippen LogP) is 3.99. The third-order valence-electron chi connectivity index (χ3n) is 3.54. The van der Waals surface area contributed by atoms with Crippen molar-refractivity contribution < 1.29 is 13.9 Å². The zero-order chi connectivity index (χ0) is 19.1. The van der Waals surface area contributed by atoms with Gasteiger partial charge in [-0.2, -0.15) is 0 Å². The van der Waals surface area contributed by atoms with Gasteiger partial charge < -0.3 is 14.5 Å². The summed E-state index contributed by atoms with van der Waals surface area (Å²) in [5, 5.41) is 11.7.